The van der Waals surface area contributed by atoms with Crippen LogP contribution in [0.25, 0.3) is 0 Å². The maximum absolute atomic E-state index is 12.9. The van der Waals surface area contributed by atoms with Crippen molar-refractivity contribution < 1.29 is 19.0 Å². The van der Waals surface area contributed by atoms with E-state index in [0.717, 1.165) is 25.9 Å². The van der Waals surface area contributed by atoms with E-state index in [2.05, 4.69) is 10.2 Å². The van der Waals surface area contributed by atoms with Gasteiger partial charge in [0.2, 0.25) is 5.91 Å². The van der Waals surface area contributed by atoms with Crippen molar-refractivity contribution >= 4 is 5.91 Å². The second kappa shape index (κ2) is 8.70. The van der Waals surface area contributed by atoms with Crippen molar-refractivity contribution in [1.29, 1.82) is 0 Å². The summed E-state index contributed by atoms with van der Waals surface area (Å²) in [5, 5.41) is 11.9. The van der Waals surface area contributed by atoms with E-state index in [-0.39, 0.29) is 18.3 Å². The number of hydrogen-bond donors (Lipinski definition) is 2. The number of nitrogens with one attached hydrogen (secondary N) is 1. The highest BCUT2D eigenvalue weighted by Crippen LogP contribution is 2.15. The average molecular weight is 310 g/mol. The molecule has 1 aromatic rings. The van der Waals surface area contributed by atoms with Crippen LogP contribution in [0.1, 0.15) is 12.8 Å². The molecule has 0 aromatic heterocycles. The monoisotopic (exact) mass is 310 g/mol. The van der Waals surface area contributed by atoms with Crippen LogP contribution in [0.3, 0.4) is 0 Å². The van der Waals surface area contributed by atoms with Crippen LogP contribution < -0.4 is 10.1 Å². The first-order chi connectivity index (χ1) is 10.7. The van der Waals surface area contributed by atoms with E-state index in [0.29, 0.717) is 31.4 Å². The Hall–Kier alpha value is -1.66. The van der Waals surface area contributed by atoms with Crippen LogP contribution in [0, 0.1) is 11.7 Å². The number of nitrogens with zero attached hydrogens (tertiary/aromatic N) is 1. The van der Waals surface area contributed by atoms with E-state index in [4.69, 9.17) is 9.84 Å². The minimum absolute atomic E-state index is 0.0368. The Morgan fingerprint density at radius 1 is 1.41 bits per heavy atom. The topological polar surface area (TPSA) is 61.8 Å². The van der Waals surface area contributed by atoms with E-state index in [1.165, 1.54) is 12.1 Å². The van der Waals surface area contributed by atoms with Gasteiger partial charge in [0, 0.05) is 12.7 Å². The maximum atomic E-state index is 12.9. The van der Waals surface area contributed by atoms with Crippen molar-refractivity contribution in [2.45, 2.75) is 12.8 Å². The molecule has 1 aliphatic heterocycles. The number of carbonyl (C=O) groups is 1. The fourth-order valence-electron chi connectivity index (χ4n) is 2.50. The number of aliphatic hydroxyl groups is 1. The molecule has 0 atom stereocenters. The Morgan fingerprint density at radius 2 is 2.18 bits per heavy atom. The first-order valence-corrected chi connectivity index (χ1v) is 7.65. The first-order valence-electron chi connectivity index (χ1n) is 7.65. The molecule has 2 rings (SSSR count). The molecule has 1 aromatic carbocycles. The number of likely N-dealkylation sites (tertiary alicyclic amines) is 1. The minimum Gasteiger partial charge on any atom is -0.492 e. The number of ether oxygens (including phenoxy) is 1. The van der Waals surface area contributed by atoms with Crippen molar-refractivity contribution in [1.82, 2.24) is 10.2 Å². The number of hydrogen-bond acceptors (Lipinski definition) is 4. The highest BCUT2D eigenvalue weighted by Gasteiger charge is 2.19. The van der Waals surface area contributed by atoms with Gasteiger partial charge in [-0.05, 0) is 44.0 Å². The van der Waals surface area contributed by atoms with Crippen molar-refractivity contribution in [3.63, 3.8) is 0 Å². The average Bonchev–Trinajstić information content (AvgIpc) is 2.52. The van der Waals surface area contributed by atoms with E-state index in [1.807, 2.05) is 0 Å². The van der Waals surface area contributed by atoms with Crippen LogP contribution >= 0.6 is 0 Å². The summed E-state index contributed by atoms with van der Waals surface area (Å²) in [6.45, 7) is 3.00. The lowest BCUT2D eigenvalue weighted by molar-refractivity contribution is -0.122. The second-order valence-electron chi connectivity index (χ2n) is 5.56. The van der Waals surface area contributed by atoms with Gasteiger partial charge in [0.1, 0.15) is 18.2 Å². The first kappa shape index (κ1) is 16.7. The van der Waals surface area contributed by atoms with Gasteiger partial charge in [-0.25, -0.2) is 4.39 Å². The molecule has 5 nitrogen and oxygen atoms in total. The summed E-state index contributed by atoms with van der Waals surface area (Å²) >= 11 is 0. The van der Waals surface area contributed by atoms with Crippen LogP contribution in [0.2, 0.25) is 0 Å². The van der Waals surface area contributed by atoms with Crippen molar-refractivity contribution in [3.8, 4) is 5.75 Å². The molecule has 0 aliphatic carbocycles. The summed E-state index contributed by atoms with van der Waals surface area (Å²) in [7, 11) is 0. The highest BCUT2D eigenvalue weighted by atomic mass is 19.1. The third kappa shape index (κ3) is 5.61. The van der Waals surface area contributed by atoms with Gasteiger partial charge in [-0.2, -0.15) is 0 Å². The number of aliphatic hydroxyl groups excluding tert-OH is 1. The van der Waals surface area contributed by atoms with Gasteiger partial charge >= 0.3 is 0 Å². The summed E-state index contributed by atoms with van der Waals surface area (Å²) in [5.74, 6) is 0.456. The van der Waals surface area contributed by atoms with Crippen LogP contribution in [0.4, 0.5) is 4.39 Å². The Morgan fingerprint density at radius 3 is 2.86 bits per heavy atom. The molecule has 1 heterocycles. The minimum atomic E-state index is -0.340. The van der Waals surface area contributed by atoms with Crippen molar-refractivity contribution in [2.24, 2.45) is 5.92 Å². The van der Waals surface area contributed by atoms with Crippen LogP contribution in [-0.4, -0.2) is 55.3 Å². The SMILES string of the molecule is O=C(CN1CCC(CO)CC1)NCCOc1cccc(F)c1. The zero-order chi connectivity index (χ0) is 15.8. The normalized spacial score (nSPS) is 16.5. The van der Waals surface area contributed by atoms with Crippen LogP contribution in [0.15, 0.2) is 24.3 Å². The lowest BCUT2D eigenvalue weighted by atomic mass is 9.98. The summed E-state index contributed by atoms with van der Waals surface area (Å²) in [5.41, 5.74) is 0. The summed E-state index contributed by atoms with van der Waals surface area (Å²) < 4.78 is 18.3. The maximum Gasteiger partial charge on any atom is 0.234 e. The molecular formula is C16H23FN2O3. The van der Waals surface area contributed by atoms with Gasteiger partial charge in [0.15, 0.2) is 0 Å². The lowest BCUT2D eigenvalue weighted by Crippen LogP contribution is -2.42. The molecule has 1 aliphatic rings. The van der Waals surface area contributed by atoms with E-state index in [1.54, 1.807) is 12.1 Å². The molecule has 6 heteroatoms. The summed E-state index contributed by atoms with van der Waals surface area (Å²) in [6, 6.07) is 5.93. The quantitative estimate of drug-likeness (QED) is 0.738. The van der Waals surface area contributed by atoms with Crippen molar-refractivity contribution in [3.05, 3.63) is 30.1 Å². The fraction of sp³-hybridized carbons (Fsp3) is 0.562. The number of rotatable bonds is 7. The number of amides is 1. The third-order valence-corrected chi connectivity index (χ3v) is 3.82. The van der Waals surface area contributed by atoms with Gasteiger partial charge in [-0.15, -0.1) is 0 Å². The molecule has 122 valence electrons. The van der Waals surface area contributed by atoms with Gasteiger partial charge in [-0.3, -0.25) is 9.69 Å². The van der Waals surface area contributed by atoms with Gasteiger partial charge in [-0.1, -0.05) is 6.07 Å². The number of halogens is 1. The molecule has 0 unspecified atom stereocenters. The zero-order valence-electron chi connectivity index (χ0n) is 12.6. The summed E-state index contributed by atoms with van der Waals surface area (Å²) in [4.78, 5) is 13.9. The molecule has 0 radical (unpaired) electrons. The molecule has 1 fully saturated rings. The molecule has 1 saturated heterocycles. The van der Waals surface area contributed by atoms with Gasteiger partial charge in [0.25, 0.3) is 0 Å². The molecule has 22 heavy (non-hydrogen) atoms. The molecule has 0 spiro atoms. The smallest absolute Gasteiger partial charge is 0.234 e. The largest absolute Gasteiger partial charge is 0.492 e. The predicted molar refractivity (Wildman–Crippen MR) is 81.2 cm³/mol. The Labute approximate surface area is 130 Å². The number of piperidine rings is 1. The molecule has 1 amide bonds. The molecule has 0 saturated carbocycles. The van der Waals surface area contributed by atoms with E-state index >= 15 is 0 Å². The van der Waals surface area contributed by atoms with E-state index in [9.17, 15) is 9.18 Å². The fourth-order valence-corrected chi connectivity index (χ4v) is 2.50. The van der Waals surface area contributed by atoms with Crippen molar-refractivity contribution in [2.75, 3.05) is 39.4 Å². The second-order valence-corrected chi connectivity index (χ2v) is 5.56. The highest BCUT2D eigenvalue weighted by molar-refractivity contribution is 5.77. The molecule has 0 bridgehead atoms. The lowest BCUT2D eigenvalue weighted by Gasteiger charge is -2.30. The number of carbonyl (C=O) groups excluding carboxylic acids is 1. The Bertz CT molecular complexity index is 476. The number of benzene rings is 1. The third-order valence-electron chi connectivity index (χ3n) is 3.82. The molecule has 2 N–H and O–H groups in total. The van der Waals surface area contributed by atoms with Crippen LogP contribution in [-0.2, 0) is 4.79 Å². The molecular weight excluding hydrogens is 287 g/mol. The standard InChI is InChI=1S/C16H23FN2O3/c17-14-2-1-3-15(10-14)22-9-6-18-16(21)11-19-7-4-13(12-20)5-8-19/h1-3,10,13,20H,4-9,11-12H2,(H,18,21). The van der Waals surface area contributed by atoms with Gasteiger partial charge in [0.05, 0.1) is 13.1 Å². The van der Waals surface area contributed by atoms with E-state index < -0.39 is 0 Å². The Kier molecular flexibility index (Phi) is 6.61. The predicted octanol–water partition coefficient (Wildman–Crippen LogP) is 1.03. The van der Waals surface area contributed by atoms with Gasteiger partial charge < -0.3 is 15.2 Å². The summed E-state index contributed by atoms with van der Waals surface area (Å²) in [6.07, 6.45) is 1.87. The Balaban J connectivity index is 1.58. The van der Waals surface area contributed by atoms with Crippen LogP contribution in [0.5, 0.6) is 5.75 Å². The zero-order valence-corrected chi connectivity index (χ0v) is 12.6.